The van der Waals surface area contributed by atoms with Crippen molar-refractivity contribution in [2.24, 2.45) is 15.9 Å². The van der Waals surface area contributed by atoms with E-state index in [4.69, 9.17) is 20.5 Å². The predicted molar refractivity (Wildman–Crippen MR) is 101 cm³/mol. The highest BCUT2D eigenvalue weighted by molar-refractivity contribution is 8.13. The molecule has 0 fully saturated rings. The summed E-state index contributed by atoms with van der Waals surface area (Å²) in [6.45, 7) is -0.0838. The zero-order chi connectivity index (χ0) is 17.9. The maximum atomic E-state index is 8.69. The first-order valence-corrected chi connectivity index (χ1v) is 8.43. The minimum Gasteiger partial charge on any atom is -0.493 e. The first kappa shape index (κ1) is 18.4. The van der Waals surface area contributed by atoms with Crippen LogP contribution in [0, 0.1) is 11.3 Å². The minimum atomic E-state index is -0.0838. The molecule has 0 amide bonds. The number of hydrogen-bond acceptors (Lipinski definition) is 6. The Morgan fingerprint density at radius 2 is 2.04 bits per heavy atom. The number of hydrogen-bond donors (Lipinski definition) is 1. The van der Waals surface area contributed by atoms with Crippen molar-refractivity contribution in [1.29, 1.82) is 5.26 Å². The van der Waals surface area contributed by atoms with Crippen LogP contribution in [0.1, 0.15) is 11.1 Å². The predicted octanol–water partition coefficient (Wildman–Crippen LogP) is 3.18. The summed E-state index contributed by atoms with van der Waals surface area (Å²) < 4.78 is 10.6. The Morgan fingerprint density at radius 3 is 2.76 bits per heavy atom. The molecule has 0 aliphatic rings. The zero-order valence-corrected chi connectivity index (χ0v) is 14.6. The summed E-state index contributed by atoms with van der Waals surface area (Å²) in [4.78, 5) is 0. The van der Waals surface area contributed by atoms with Crippen LogP contribution in [0.25, 0.3) is 0 Å². The molecule has 25 heavy (non-hydrogen) atoms. The van der Waals surface area contributed by atoms with Gasteiger partial charge in [-0.3, -0.25) is 0 Å². The molecule has 128 valence electrons. The van der Waals surface area contributed by atoms with Gasteiger partial charge in [0.2, 0.25) is 0 Å². The van der Waals surface area contributed by atoms with Crippen LogP contribution in [-0.4, -0.2) is 25.1 Å². The van der Waals surface area contributed by atoms with Gasteiger partial charge < -0.3 is 15.2 Å². The molecule has 0 atom stereocenters. The van der Waals surface area contributed by atoms with Gasteiger partial charge in [0, 0.05) is 11.3 Å². The third kappa shape index (κ3) is 5.86. The molecule has 2 aromatic carbocycles. The zero-order valence-electron chi connectivity index (χ0n) is 13.8. The third-order valence-corrected chi connectivity index (χ3v) is 3.95. The normalized spacial score (nSPS) is 11.3. The number of nitrogens with zero attached hydrogens (tertiary/aromatic N) is 3. The van der Waals surface area contributed by atoms with Gasteiger partial charge in [-0.2, -0.15) is 10.4 Å². The highest BCUT2D eigenvalue weighted by atomic mass is 32.2. The lowest BCUT2D eigenvalue weighted by atomic mass is 10.2. The van der Waals surface area contributed by atoms with Crippen LogP contribution < -0.4 is 15.2 Å². The molecule has 0 saturated carbocycles. The molecule has 0 heterocycles. The Balaban J connectivity index is 2.04. The van der Waals surface area contributed by atoms with Crippen LogP contribution in [0.15, 0.2) is 58.7 Å². The third-order valence-electron chi connectivity index (χ3n) is 3.09. The standard InChI is InChI=1S/C18H18N4O2S/c1-23-16-9-5-8-15(17(16)24-11-10-19)12-21-22-18(20)25-13-14-6-3-2-4-7-14/h2-9,12H,11,13H2,1H3,(H2,20,22). The molecular formula is C18H18N4O2S. The number of amidine groups is 1. The van der Waals surface area contributed by atoms with Crippen LogP contribution >= 0.6 is 11.8 Å². The average Bonchev–Trinajstić information content (AvgIpc) is 2.66. The topological polar surface area (TPSA) is 93.0 Å². The summed E-state index contributed by atoms with van der Waals surface area (Å²) in [6.07, 6.45) is 1.52. The fourth-order valence-electron chi connectivity index (χ4n) is 1.96. The van der Waals surface area contributed by atoms with Gasteiger partial charge in [0.05, 0.1) is 13.3 Å². The molecule has 0 radical (unpaired) electrons. The van der Waals surface area contributed by atoms with Crippen LogP contribution in [-0.2, 0) is 5.75 Å². The first-order chi connectivity index (χ1) is 12.2. The second-order valence-corrected chi connectivity index (χ2v) is 5.78. The smallest absolute Gasteiger partial charge is 0.180 e. The van der Waals surface area contributed by atoms with Gasteiger partial charge in [-0.05, 0) is 17.7 Å². The molecule has 0 aliphatic heterocycles. The molecule has 2 aromatic rings. The van der Waals surface area contributed by atoms with E-state index in [9.17, 15) is 0 Å². The van der Waals surface area contributed by atoms with Crippen LogP contribution in [0.3, 0.4) is 0 Å². The van der Waals surface area contributed by atoms with E-state index < -0.39 is 0 Å². The SMILES string of the molecule is COc1cccc(C=NN=C(N)SCc2ccccc2)c1OCC#N. The van der Waals surface area contributed by atoms with Gasteiger partial charge in [0.15, 0.2) is 23.3 Å². The number of methoxy groups -OCH3 is 1. The van der Waals surface area contributed by atoms with E-state index in [-0.39, 0.29) is 6.61 Å². The van der Waals surface area contributed by atoms with Gasteiger partial charge >= 0.3 is 0 Å². The molecule has 7 heteroatoms. The van der Waals surface area contributed by atoms with Crippen LogP contribution in [0.5, 0.6) is 11.5 Å². The van der Waals surface area contributed by atoms with E-state index in [2.05, 4.69) is 10.2 Å². The molecule has 0 unspecified atom stereocenters. The van der Waals surface area contributed by atoms with E-state index in [1.807, 2.05) is 36.4 Å². The molecule has 0 bridgehead atoms. The number of thioether (sulfide) groups is 1. The average molecular weight is 354 g/mol. The maximum absolute atomic E-state index is 8.69. The maximum Gasteiger partial charge on any atom is 0.180 e. The number of nitrogens with two attached hydrogens (primary N) is 1. The molecule has 0 aromatic heterocycles. The Bertz CT molecular complexity index is 785. The van der Waals surface area contributed by atoms with Crippen molar-refractivity contribution < 1.29 is 9.47 Å². The number of benzene rings is 2. The number of nitriles is 1. The highest BCUT2D eigenvalue weighted by Crippen LogP contribution is 2.30. The number of para-hydroxylation sites is 1. The van der Waals surface area contributed by atoms with Crippen molar-refractivity contribution in [3.8, 4) is 17.6 Å². The van der Waals surface area contributed by atoms with Gasteiger partial charge in [-0.1, -0.05) is 48.2 Å². The number of ether oxygens (including phenoxy) is 2. The quantitative estimate of drug-likeness (QED) is 0.468. The van der Waals surface area contributed by atoms with Gasteiger partial charge in [0.25, 0.3) is 0 Å². The Hall–Kier alpha value is -2.98. The molecule has 6 nitrogen and oxygen atoms in total. The number of rotatable bonds is 7. The lowest BCUT2D eigenvalue weighted by Crippen LogP contribution is -2.06. The van der Waals surface area contributed by atoms with E-state index in [0.717, 1.165) is 11.3 Å². The summed E-state index contributed by atoms with van der Waals surface area (Å²) in [5.41, 5.74) is 7.67. The summed E-state index contributed by atoms with van der Waals surface area (Å²) in [5.74, 6) is 1.69. The van der Waals surface area contributed by atoms with Crippen molar-refractivity contribution in [2.75, 3.05) is 13.7 Å². The van der Waals surface area contributed by atoms with Crippen molar-refractivity contribution in [1.82, 2.24) is 0 Å². The Labute approximate surface area is 151 Å². The van der Waals surface area contributed by atoms with Crippen LogP contribution in [0.4, 0.5) is 0 Å². The second-order valence-electron chi connectivity index (χ2n) is 4.78. The van der Waals surface area contributed by atoms with Crippen molar-refractivity contribution in [3.05, 3.63) is 59.7 Å². The van der Waals surface area contributed by atoms with Crippen LogP contribution in [0.2, 0.25) is 0 Å². The molecular weight excluding hydrogens is 336 g/mol. The molecule has 0 spiro atoms. The van der Waals surface area contributed by atoms with E-state index in [1.54, 1.807) is 18.2 Å². The van der Waals surface area contributed by atoms with E-state index in [0.29, 0.717) is 22.2 Å². The fourth-order valence-corrected chi connectivity index (χ4v) is 2.57. The summed E-state index contributed by atoms with van der Waals surface area (Å²) in [7, 11) is 1.53. The minimum absolute atomic E-state index is 0.0838. The summed E-state index contributed by atoms with van der Waals surface area (Å²) >= 11 is 1.41. The van der Waals surface area contributed by atoms with Crippen molar-refractivity contribution in [2.45, 2.75) is 5.75 Å². The van der Waals surface area contributed by atoms with Crippen molar-refractivity contribution in [3.63, 3.8) is 0 Å². The lowest BCUT2D eigenvalue weighted by molar-refractivity contribution is 0.329. The largest absolute Gasteiger partial charge is 0.493 e. The van der Waals surface area contributed by atoms with Gasteiger partial charge in [-0.25, -0.2) is 0 Å². The van der Waals surface area contributed by atoms with E-state index >= 15 is 0 Å². The highest BCUT2D eigenvalue weighted by Gasteiger charge is 2.08. The Kier molecular flexibility index (Phi) is 7.35. The summed E-state index contributed by atoms with van der Waals surface area (Å²) in [6, 6.07) is 17.3. The molecule has 2 rings (SSSR count). The van der Waals surface area contributed by atoms with Crippen molar-refractivity contribution >= 4 is 23.1 Å². The second kappa shape index (κ2) is 10.0. The molecule has 2 N–H and O–H groups in total. The summed E-state index contributed by atoms with van der Waals surface area (Å²) in [5, 5.41) is 17.0. The van der Waals surface area contributed by atoms with Gasteiger partial charge in [0.1, 0.15) is 6.07 Å². The fraction of sp³-hybridized carbons (Fsp3) is 0.167. The first-order valence-electron chi connectivity index (χ1n) is 7.44. The molecule has 0 aliphatic carbocycles. The van der Waals surface area contributed by atoms with Gasteiger partial charge in [-0.15, -0.1) is 5.10 Å². The lowest BCUT2D eigenvalue weighted by Gasteiger charge is -2.10. The molecule has 0 saturated heterocycles. The monoisotopic (exact) mass is 354 g/mol. The Morgan fingerprint density at radius 1 is 1.24 bits per heavy atom. The van der Waals surface area contributed by atoms with E-state index in [1.165, 1.54) is 25.1 Å².